The summed E-state index contributed by atoms with van der Waals surface area (Å²) in [4.78, 5) is 3.91. The smallest absolute Gasteiger partial charge is 0.144 e. The standard InChI is InChI=1S/C9H11FN/c1-2-3-6-9-8(10)5-4-7-11-9/h4-5,7H,1-3,6H2. The van der Waals surface area contributed by atoms with E-state index in [1.807, 2.05) is 0 Å². The van der Waals surface area contributed by atoms with Crippen LogP contribution in [0.1, 0.15) is 18.5 Å². The predicted octanol–water partition coefficient (Wildman–Crippen LogP) is 2.38. The van der Waals surface area contributed by atoms with Gasteiger partial charge in [-0.15, -0.1) is 0 Å². The quantitative estimate of drug-likeness (QED) is 0.648. The highest BCUT2D eigenvalue weighted by Crippen LogP contribution is 2.05. The normalized spacial score (nSPS) is 10.0. The third-order valence-corrected chi connectivity index (χ3v) is 1.50. The second-order valence-corrected chi connectivity index (χ2v) is 2.39. The van der Waals surface area contributed by atoms with Crippen LogP contribution < -0.4 is 0 Å². The molecule has 1 aromatic heterocycles. The number of unbranched alkanes of at least 4 members (excludes halogenated alkanes) is 1. The van der Waals surface area contributed by atoms with Gasteiger partial charge >= 0.3 is 0 Å². The van der Waals surface area contributed by atoms with Gasteiger partial charge in [-0.05, 0) is 25.0 Å². The molecule has 0 aliphatic heterocycles. The number of aromatic nitrogens is 1. The lowest BCUT2D eigenvalue weighted by Crippen LogP contribution is -1.93. The van der Waals surface area contributed by atoms with E-state index in [4.69, 9.17) is 0 Å². The molecule has 1 heterocycles. The summed E-state index contributed by atoms with van der Waals surface area (Å²) in [6, 6.07) is 3.04. The largest absolute Gasteiger partial charge is 0.258 e. The fourth-order valence-corrected chi connectivity index (χ4v) is 0.895. The molecule has 0 saturated heterocycles. The van der Waals surface area contributed by atoms with Gasteiger partial charge in [0.05, 0.1) is 5.69 Å². The lowest BCUT2D eigenvalue weighted by Gasteiger charge is -1.98. The molecule has 0 bridgehead atoms. The molecule has 0 spiro atoms. The molecule has 0 aromatic carbocycles. The van der Waals surface area contributed by atoms with Crippen molar-refractivity contribution in [2.24, 2.45) is 0 Å². The Hall–Kier alpha value is -0.920. The second-order valence-electron chi connectivity index (χ2n) is 2.39. The molecule has 0 amide bonds. The molecule has 0 unspecified atom stereocenters. The topological polar surface area (TPSA) is 12.9 Å². The van der Waals surface area contributed by atoms with Crippen LogP contribution in [0.5, 0.6) is 0 Å². The highest BCUT2D eigenvalue weighted by Gasteiger charge is 1.99. The zero-order valence-corrected chi connectivity index (χ0v) is 6.39. The molecule has 0 N–H and O–H groups in total. The first-order valence-corrected chi connectivity index (χ1v) is 3.73. The zero-order chi connectivity index (χ0) is 8.10. The van der Waals surface area contributed by atoms with Crippen LogP contribution in [0.3, 0.4) is 0 Å². The van der Waals surface area contributed by atoms with Gasteiger partial charge in [0, 0.05) is 6.20 Å². The average Bonchev–Trinajstić information content (AvgIpc) is 2.03. The zero-order valence-electron chi connectivity index (χ0n) is 6.39. The van der Waals surface area contributed by atoms with Gasteiger partial charge in [-0.2, -0.15) is 0 Å². The number of pyridine rings is 1. The summed E-state index contributed by atoms with van der Waals surface area (Å²) < 4.78 is 12.8. The van der Waals surface area contributed by atoms with Gasteiger partial charge in [0.1, 0.15) is 5.82 Å². The maximum atomic E-state index is 12.8. The Kier molecular flexibility index (Phi) is 3.02. The minimum absolute atomic E-state index is 0.207. The molecule has 0 fully saturated rings. The number of nitrogens with zero attached hydrogens (tertiary/aromatic N) is 1. The average molecular weight is 152 g/mol. The van der Waals surface area contributed by atoms with Crippen molar-refractivity contribution in [1.29, 1.82) is 0 Å². The van der Waals surface area contributed by atoms with Crippen LogP contribution in [0.2, 0.25) is 0 Å². The van der Waals surface area contributed by atoms with Crippen LogP contribution in [0.4, 0.5) is 4.39 Å². The van der Waals surface area contributed by atoms with Gasteiger partial charge < -0.3 is 0 Å². The Balaban J connectivity index is 2.62. The molecule has 1 radical (unpaired) electrons. The van der Waals surface area contributed by atoms with Crippen molar-refractivity contribution in [3.63, 3.8) is 0 Å². The van der Waals surface area contributed by atoms with E-state index in [9.17, 15) is 4.39 Å². The number of aryl methyl sites for hydroxylation is 1. The van der Waals surface area contributed by atoms with Crippen molar-refractivity contribution < 1.29 is 4.39 Å². The lowest BCUT2D eigenvalue weighted by molar-refractivity contribution is 0.593. The SMILES string of the molecule is [CH2]CCCc1ncccc1F. The fraction of sp³-hybridized carbons (Fsp3) is 0.333. The predicted molar refractivity (Wildman–Crippen MR) is 42.5 cm³/mol. The van der Waals surface area contributed by atoms with Gasteiger partial charge in [-0.3, -0.25) is 4.98 Å². The molecule has 1 nitrogen and oxygen atoms in total. The monoisotopic (exact) mass is 152 g/mol. The Labute approximate surface area is 66.3 Å². The number of rotatable bonds is 3. The van der Waals surface area contributed by atoms with E-state index in [-0.39, 0.29) is 5.82 Å². The summed E-state index contributed by atoms with van der Waals surface area (Å²) in [5.41, 5.74) is 0.552. The maximum absolute atomic E-state index is 12.8. The van der Waals surface area contributed by atoms with E-state index in [2.05, 4.69) is 11.9 Å². The van der Waals surface area contributed by atoms with Crippen LogP contribution in [-0.4, -0.2) is 4.98 Å². The summed E-state index contributed by atoms with van der Waals surface area (Å²) >= 11 is 0. The van der Waals surface area contributed by atoms with Crippen LogP contribution in [0, 0.1) is 12.7 Å². The molecule has 1 rings (SSSR count). The van der Waals surface area contributed by atoms with Crippen molar-refractivity contribution in [2.75, 3.05) is 0 Å². The minimum atomic E-state index is -0.207. The van der Waals surface area contributed by atoms with E-state index in [0.717, 1.165) is 12.8 Å². The van der Waals surface area contributed by atoms with Crippen molar-refractivity contribution >= 4 is 0 Å². The second kappa shape index (κ2) is 4.06. The van der Waals surface area contributed by atoms with E-state index in [1.54, 1.807) is 12.3 Å². The Morgan fingerprint density at radius 3 is 3.00 bits per heavy atom. The first-order valence-electron chi connectivity index (χ1n) is 3.73. The summed E-state index contributed by atoms with van der Waals surface area (Å²) in [5, 5.41) is 0. The number of halogens is 1. The molecular weight excluding hydrogens is 141 g/mol. The summed E-state index contributed by atoms with van der Waals surface area (Å²) in [5.74, 6) is -0.207. The summed E-state index contributed by atoms with van der Waals surface area (Å²) in [6.45, 7) is 3.68. The third-order valence-electron chi connectivity index (χ3n) is 1.50. The van der Waals surface area contributed by atoms with Crippen molar-refractivity contribution in [2.45, 2.75) is 19.3 Å². The Morgan fingerprint density at radius 2 is 2.36 bits per heavy atom. The van der Waals surface area contributed by atoms with Crippen molar-refractivity contribution in [3.05, 3.63) is 36.8 Å². The van der Waals surface area contributed by atoms with Gasteiger partial charge in [0.2, 0.25) is 0 Å². The van der Waals surface area contributed by atoms with Crippen molar-refractivity contribution in [1.82, 2.24) is 4.98 Å². The molecule has 2 heteroatoms. The fourth-order valence-electron chi connectivity index (χ4n) is 0.895. The molecule has 0 aliphatic rings. The van der Waals surface area contributed by atoms with Crippen LogP contribution in [-0.2, 0) is 6.42 Å². The van der Waals surface area contributed by atoms with Gasteiger partial charge in [0.15, 0.2) is 0 Å². The molecule has 11 heavy (non-hydrogen) atoms. The number of hydrogen-bond donors (Lipinski definition) is 0. The Morgan fingerprint density at radius 1 is 1.55 bits per heavy atom. The third kappa shape index (κ3) is 2.30. The molecule has 0 aliphatic carbocycles. The van der Waals surface area contributed by atoms with Crippen LogP contribution in [0.25, 0.3) is 0 Å². The lowest BCUT2D eigenvalue weighted by atomic mass is 10.2. The van der Waals surface area contributed by atoms with E-state index < -0.39 is 0 Å². The van der Waals surface area contributed by atoms with E-state index in [1.165, 1.54) is 6.07 Å². The van der Waals surface area contributed by atoms with Gasteiger partial charge in [-0.1, -0.05) is 13.3 Å². The van der Waals surface area contributed by atoms with Crippen LogP contribution >= 0.6 is 0 Å². The first kappa shape index (κ1) is 8.18. The maximum Gasteiger partial charge on any atom is 0.144 e. The molecule has 59 valence electrons. The first-order chi connectivity index (χ1) is 5.34. The summed E-state index contributed by atoms with van der Waals surface area (Å²) in [7, 11) is 0. The highest BCUT2D eigenvalue weighted by atomic mass is 19.1. The van der Waals surface area contributed by atoms with E-state index in [0.29, 0.717) is 12.1 Å². The van der Waals surface area contributed by atoms with Gasteiger partial charge in [0.25, 0.3) is 0 Å². The minimum Gasteiger partial charge on any atom is -0.258 e. The molecule has 0 atom stereocenters. The van der Waals surface area contributed by atoms with E-state index >= 15 is 0 Å². The van der Waals surface area contributed by atoms with Crippen molar-refractivity contribution in [3.8, 4) is 0 Å². The molecular formula is C9H11FN. The summed E-state index contributed by atoms with van der Waals surface area (Å²) in [6.07, 6.45) is 4.03. The number of hydrogen-bond acceptors (Lipinski definition) is 1. The molecule has 0 saturated carbocycles. The molecule has 1 aromatic rings. The van der Waals surface area contributed by atoms with Gasteiger partial charge in [-0.25, -0.2) is 4.39 Å². The van der Waals surface area contributed by atoms with Crippen LogP contribution in [0.15, 0.2) is 18.3 Å². The highest BCUT2D eigenvalue weighted by molar-refractivity contribution is 5.06. The Bertz CT molecular complexity index is 223.